The summed E-state index contributed by atoms with van der Waals surface area (Å²) in [5.74, 6) is -0.168. The summed E-state index contributed by atoms with van der Waals surface area (Å²) < 4.78 is 6.89. The lowest BCUT2D eigenvalue weighted by Crippen LogP contribution is -2.27. The molecule has 2 heterocycles. The van der Waals surface area contributed by atoms with Crippen molar-refractivity contribution in [3.05, 3.63) is 81.2 Å². The highest BCUT2D eigenvalue weighted by Crippen LogP contribution is 2.22. The van der Waals surface area contributed by atoms with Crippen LogP contribution in [0, 0.1) is 12.8 Å². The van der Waals surface area contributed by atoms with E-state index in [-0.39, 0.29) is 17.9 Å². The van der Waals surface area contributed by atoms with E-state index in [2.05, 4.69) is 29.2 Å². The molecule has 2 aromatic carbocycles. The number of hydrogen-bond acceptors (Lipinski definition) is 7. The van der Waals surface area contributed by atoms with E-state index in [1.165, 1.54) is 21.6 Å². The second kappa shape index (κ2) is 9.95. The van der Waals surface area contributed by atoms with Gasteiger partial charge < -0.3 is 10.1 Å². The normalized spacial score (nSPS) is 11.2. The summed E-state index contributed by atoms with van der Waals surface area (Å²) >= 11 is 1.44. The number of aryl methyl sites for hydroxylation is 2. The van der Waals surface area contributed by atoms with Gasteiger partial charge in [-0.15, -0.1) is 11.3 Å². The van der Waals surface area contributed by atoms with Crippen LogP contribution in [0.1, 0.15) is 42.0 Å². The molecule has 8 heteroatoms. The summed E-state index contributed by atoms with van der Waals surface area (Å²) in [4.78, 5) is 30.2. The Hall–Kier alpha value is -3.52. The Balaban J connectivity index is 1.50. The number of carbonyl (C=O) groups is 1. The first-order chi connectivity index (χ1) is 15.9. The predicted octanol–water partition coefficient (Wildman–Crippen LogP) is 5.31. The molecule has 0 bridgehead atoms. The summed E-state index contributed by atoms with van der Waals surface area (Å²) in [6, 6.07) is 15.0. The highest BCUT2D eigenvalue weighted by atomic mass is 32.1. The minimum absolute atomic E-state index is 0.0199. The minimum Gasteiger partial charge on any atom is -0.454 e. The molecule has 0 spiro atoms. The summed E-state index contributed by atoms with van der Waals surface area (Å²) in [7, 11) is 0. The van der Waals surface area contributed by atoms with E-state index in [0.717, 1.165) is 17.2 Å². The molecule has 0 unspecified atom stereocenters. The van der Waals surface area contributed by atoms with Gasteiger partial charge in [-0.05, 0) is 37.5 Å². The number of carbonyl (C=O) groups excluding carboxylic acids is 1. The van der Waals surface area contributed by atoms with Crippen LogP contribution in [0.15, 0.2) is 58.7 Å². The zero-order valence-electron chi connectivity index (χ0n) is 18.9. The summed E-state index contributed by atoms with van der Waals surface area (Å²) in [6.45, 7) is 6.66. The molecule has 4 aromatic rings. The van der Waals surface area contributed by atoms with Crippen LogP contribution in [-0.4, -0.2) is 20.7 Å². The molecular weight excluding hydrogens is 436 g/mol. The van der Waals surface area contributed by atoms with Gasteiger partial charge in [0.2, 0.25) is 0 Å². The smallest absolute Gasteiger partial charge is 0.359 e. The number of esters is 1. The maximum atomic E-state index is 12.9. The molecule has 1 N–H and O–H groups in total. The van der Waals surface area contributed by atoms with Gasteiger partial charge in [0, 0.05) is 23.0 Å². The van der Waals surface area contributed by atoms with Crippen molar-refractivity contribution >= 4 is 38.9 Å². The van der Waals surface area contributed by atoms with Crippen LogP contribution in [0.3, 0.4) is 0 Å². The number of thiazole rings is 1. The van der Waals surface area contributed by atoms with Crippen LogP contribution < -0.4 is 10.9 Å². The molecule has 0 atom stereocenters. The zero-order valence-corrected chi connectivity index (χ0v) is 19.7. The van der Waals surface area contributed by atoms with Crippen LogP contribution in [0.5, 0.6) is 0 Å². The fourth-order valence-electron chi connectivity index (χ4n) is 3.32. The van der Waals surface area contributed by atoms with Gasteiger partial charge in [0.15, 0.2) is 10.8 Å². The standard InChI is InChI=1S/C25H26N4O3S/c1-16(2)12-13-29-23(30)21-7-5-4-6-20(21)22(28-29)24(31)32-14-19-15-33-25(27-19)26-18-10-8-17(3)9-11-18/h4-11,15-16H,12-14H2,1-3H3,(H,26,27). The summed E-state index contributed by atoms with van der Waals surface area (Å²) in [5.41, 5.74) is 2.71. The maximum absolute atomic E-state index is 12.9. The number of nitrogens with zero attached hydrogens (tertiary/aromatic N) is 3. The third-order valence-corrected chi connectivity index (χ3v) is 5.99. The Morgan fingerprint density at radius 1 is 1.12 bits per heavy atom. The van der Waals surface area contributed by atoms with Crippen molar-refractivity contribution in [3.63, 3.8) is 0 Å². The number of aromatic nitrogens is 3. The lowest BCUT2D eigenvalue weighted by molar-refractivity contribution is 0.0461. The van der Waals surface area contributed by atoms with Crippen LogP contribution in [0.25, 0.3) is 10.8 Å². The number of rotatable bonds is 8. The average molecular weight is 463 g/mol. The molecule has 0 amide bonds. The van der Waals surface area contributed by atoms with Crippen LogP contribution in [0.2, 0.25) is 0 Å². The fraction of sp³-hybridized carbons (Fsp3) is 0.280. The number of ether oxygens (including phenoxy) is 1. The third-order valence-electron chi connectivity index (χ3n) is 5.19. The quantitative estimate of drug-likeness (QED) is 0.357. The van der Waals surface area contributed by atoms with Gasteiger partial charge in [-0.1, -0.05) is 49.7 Å². The first-order valence-electron chi connectivity index (χ1n) is 10.9. The molecule has 7 nitrogen and oxygen atoms in total. The van der Waals surface area contributed by atoms with Gasteiger partial charge in [-0.2, -0.15) is 5.10 Å². The highest BCUT2D eigenvalue weighted by molar-refractivity contribution is 7.13. The topological polar surface area (TPSA) is 86.1 Å². The van der Waals surface area contributed by atoms with Crippen molar-refractivity contribution in [3.8, 4) is 0 Å². The minimum atomic E-state index is -0.578. The molecule has 0 saturated heterocycles. The van der Waals surface area contributed by atoms with E-state index in [1.54, 1.807) is 24.3 Å². The van der Waals surface area contributed by atoms with Crippen molar-refractivity contribution in [2.24, 2.45) is 5.92 Å². The van der Waals surface area contributed by atoms with Crippen molar-refractivity contribution in [1.82, 2.24) is 14.8 Å². The van der Waals surface area contributed by atoms with Gasteiger partial charge >= 0.3 is 5.97 Å². The fourth-order valence-corrected chi connectivity index (χ4v) is 4.03. The first-order valence-corrected chi connectivity index (χ1v) is 11.7. The van der Waals surface area contributed by atoms with E-state index in [9.17, 15) is 9.59 Å². The molecule has 0 aliphatic carbocycles. The number of benzene rings is 2. The number of hydrogen-bond donors (Lipinski definition) is 1. The summed E-state index contributed by atoms with van der Waals surface area (Å²) in [5, 5.41) is 11.1. The Bertz CT molecular complexity index is 1330. The molecule has 0 saturated carbocycles. The first kappa shape index (κ1) is 22.7. The maximum Gasteiger partial charge on any atom is 0.359 e. The molecular formula is C25H26N4O3S. The molecule has 0 radical (unpaired) electrons. The van der Waals surface area contributed by atoms with Gasteiger partial charge in [-0.3, -0.25) is 4.79 Å². The van der Waals surface area contributed by atoms with Gasteiger partial charge in [0.25, 0.3) is 5.56 Å². The van der Waals surface area contributed by atoms with Crippen LogP contribution in [-0.2, 0) is 17.9 Å². The van der Waals surface area contributed by atoms with Crippen molar-refractivity contribution in [1.29, 1.82) is 0 Å². The Labute approximate surface area is 196 Å². The number of nitrogens with one attached hydrogen (secondary N) is 1. The summed E-state index contributed by atoms with van der Waals surface area (Å²) in [6.07, 6.45) is 0.787. The van der Waals surface area contributed by atoms with E-state index in [0.29, 0.717) is 28.9 Å². The third kappa shape index (κ3) is 5.46. The van der Waals surface area contributed by atoms with E-state index >= 15 is 0 Å². The van der Waals surface area contributed by atoms with E-state index in [4.69, 9.17) is 4.74 Å². The van der Waals surface area contributed by atoms with Gasteiger partial charge in [0.05, 0.1) is 11.1 Å². The SMILES string of the molecule is Cc1ccc(Nc2nc(COC(=O)c3nn(CCC(C)C)c(=O)c4ccccc34)cs2)cc1. The van der Waals surface area contributed by atoms with E-state index in [1.807, 2.05) is 36.6 Å². The van der Waals surface area contributed by atoms with Gasteiger partial charge in [0.1, 0.15) is 6.61 Å². The van der Waals surface area contributed by atoms with Crippen molar-refractivity contribution < 1.29 is 9.53 Å². The Morgan fingerprint density at radius 2 is 1.85 bits per heavy atom. The molecule has 170 valence electrons. The zero-order chi connectivity index (χ0) is 23.4. The second-order valence-electron chi connectivity index (χ2n) is 8.32. The number of anilines is 2. The van der Waals surface area contributed by atoms with Crippen molar-refractivity contribution in [2.45, 2.75) is 40.3 Å². The largest absolute Gasteiger partial charge is 0.454 e. The molecule has 4 rings (SSSR count). The molecule has 33 heavy (non-hydrogen) atoms. The lowest BCUT2D eigenvalue weighted by Gasteiger charge is -2.11. The number of fused-ring (bicyclic) bond motifs is 1. The van der Waals surface area contributed by atoms with Crippen LogP contribution >= 0.6 is 11.3 Å². The monoisotopic (exact) mass is 462 g/mol. The molecule has 0 aliphatic heterocycles. The Kier molecular flexibility index (Phi) is 6.84. The highest BCUT2D eigenvalue weighted by Gasteiger charge is 2.18. The molecule has 2 aromatic heterocycles. The second-order valence-corrected chi connectivity index (χ2v) is 9.17. The van der Waals surface area contributed by atoms with Gasteiger partial charge in [-0.25, -0.2) is 14.5 Å². The van der Waals surface area contributed by atoms with Crippen LogP contribution in [0.4, 0.5) is 10.8 Å². The van der Waals surface area contributed by atoms with Crippen molar-refractivity contribution in [2.75, 3.05) is 5.32 Å². The lowest BCUT2D eigenvalue weighted by atomic mass is 10.1. The molecule has 0 aliphatic rings. The predicted molar refractivity (Wildman–Crippen MR) is 131 cm³/mol. The Morgan fingerprint density at radius 3 is 2.58 bits per heavy atom. The average Bonchev–Trinajstić information content (AvgIpc) is 3.26. The van der Waals surface area contributed by atoms with E-state index < -0.39 is 5.97 Å². The molecule has 0 fully saturated rings.